The quantitative estimate of drug-likeness (QED) is 0.355. The van der Waals surface area contributed by atoms with Gasteiger partial charge < -0.3 is 29.3 Å². The molecule has 0 unspecified atom stereocenters. The zero-order valence-electron chi connectivity index (χ0n) is 19.9. The molecule has 0 aliphatic carbocycles. The first-order chi connectivity index (χ1) is 15.9. The Morgan fingerprint density at radius 2 is 1.45 bits per heavy atom. The maximum absolute atomic E-state index is 10.7. The van der Waals surface area contributed by atoms with E-state index in [-0.39, 0.29) is 12.8 Å². The Kier molecular flexibility index (Phi) is 11.8. The van der Waals surface area contributed by atoms with Crippen LogP contribution < -0.4 is 14.2 Å². The number of unbranched alkanes of at least 4 members (excludes halogenated alkanes) is 3. The molecule has 0 atom stereocenters. The Labute approximate surface area is 196 Å². The van der Waals surface area contributed by atoms with Crippen molar-refractivity contribution in [1.29, 1.82) is 0 Å². The summed E-state index contributed by atoms with van der Waals surface area (Å²) in [5.41, 5.74) is 1.04. The van der Waals surface area contributed by atoms with Gasteiger partial charge in [0.15, 0.2) is 11.5 Å². The third-order valence-corrected chi connectivity index (χ3v) is 5.84. The predicted octanol–water partition coefficient (Wildman–Crippen LogP) is 3.10. The van der Waals surface area contributed by atoms with Crippen molar-refractivity contribution in [3.8, 4) is 17.2 Å². The van der Waals surface area contributed by atoms with E-state index in [0.717, 1.165) is 64.1 Å². The number of hydrogen-bond acceptors (Lipinski definition) is 7. The van der Waals surface area contributed by atoms with E-state index in [1.165, 1.54) is 0 Å². The molecule has 0 radical (unpaired) electrons. The van der Waals surface area contributed by atoms with Crippen LogP contribution in [0.2, 0.25) is 0 Å². The topological polar surface area (TPSA) is 109 Å². The van der Waals surface area contributed by atoms with Crippen LogP contribution in [0.3, 0.4) is 0 Å². The summed E-state index contributed by atoms with van der Waals surface area (Å²) >= 11 is 0. The molecule has 1 fully saturated rings. The van der Waals surface area contributed by atoms with Crippen LogP contribution in [0.4, 0.5) is 0 Å². The number of hydrogen-bond donors (Lipinski definition) is 2. The second-order valence-electron chi connectivity index (χ2n) is 8.31. The Morgan fingerprint density at radius 3 is 2.09 bits per heavy atom. The van der Waals surface area contributed by atoms with Crippen LogP contribution in [0.25, 0.3) is 0 Å². The molecule has 1 aromatic rings. The van der Waals surface area contributed by atoms with E-state index in [2.05, 4.69) is 9.80 Å². The lowest BCUT2D eigenvalue weighted by Crippen LogP contribution is -2.46. The van der Waals surface area contributed by atoms with Gasteiger partial charge in [0.25, 0.3) is 0 Å². The van der Waals surface area contributed by atoms with Crippen molar-refractivity contribution in [2.24, 2.45) is 0 Å². The number of aliphatic carboxylic acids is 2. The highest BCUT2D eigenvalue weighted by Crippen LogP contribution is 2.40. The average Bonchev–Trinajstić information content (AvgIpc) is 2.79. The van der Waals surface area contributed by atoms with E-state index >= 15 is 0 Å². The molecule has 186 valence electrons. The number of carboxylic acid groups (broad SMARTS) is 2. The van der Waals surface area contributed by atoms with E-state index in [9.17, 15) is 9.59 Å². The minimum atomic E-state index is -0.752. The largest absolute Gasteiger partial charge is 0.493 e. The predicted molar refractivity (Wildman–Crippen MR) is 124 cm³/mol. The molecule has 0 aromatic heterocycles. The van der Waals surface area contributed by atoms with Crippen molar-refractivity contribution >= 4 is 11.9 Å². The number of nitrogens with zero attached hydrogens (tertiary/aromatic N) is 2. The molecule has 2 rings (SSSR count). The van der Waals surface area contributed by atoms with Crippen molar-refractivity contribution in [3.05, 3.63) is 17.7 Å². The fourth-order valence-electron chi connectivity index (χ4n) is 3.99. The van der Waals surface area contributed by atoms with Gasteiger partial charge in [-0.25, -0.2) is 0 Å². The summed E-state index contributed by atoms with van der Waals surface area (Å²) in [5.74, 6) is 0.424. The molecule has 0 saturated carbocycles. The molecule has 1 aliphatic heterocycles. The first-order valence-electron chi connectivity index (χ1n) is 11.7. The van der Waals surface area contributed by atoms with Crippen LogP contribution in [-0.2, 0) is 16.1 Å². The van der Waals surface area contributed by atoms with E-state index in [1.807, 2.05) is 12.1 Å². The molecule has 0 bridgehead atoms. The molecule has 9 heteroatoms. The van der Waals surface area contributed by atoms with Gasteiger partial charge in [-0.3, -0.25) is 14.5 Å². The summed E-state index contributed by atoms with van der Waals surface area (Å²) in [5, 5.41) is 17.5. The van der Waals surface area contributed by atoms with Gasteiger partial charge in [-0.15, -0.1) is 0 Å². The van der Waals surface area contributed by atoms with Gasteiger partial charge in [-0.05, 0) is 31.9 Å². The zero-order valence-corrected chi connectivity index (χ0v) is 19.9. The Balaban J connectivity index is 1.90. The van der Waals surface area contributed by atoms with Gasteiger partial charge in [0.1, 0.15) is 0 Å². The van der Waals surface area contributed by atoms with Crippen LogP contribution in [0.5, 0.6) is 17.2 Å². The lowest BCUT2D eigenvalue weighted by molar-refractivity contribution is -0.138. The summed E-state index contributed by atoms with van der Waals surface area (Å²) in [7, 11) is 3.21. The first-order valence-corrected chi connectivity index (χ1v) is 11.7. The molecule has 1 aliphatic rings. The van der Waals surface area contributed by atoms with E-state index in [1.54, 1.807) is 14.2 Å². The Morgan fingerprint density at radius 1 is 0.818 bits per heavy atom. The highest BCUT2D eigenvalue weighted by atomic mass is 16.5. The summed E-state index contributed by atoms with van der Waals surface area (Å²) in [6.07, 6.45) is 4.42. The molecular formula is C24H38N2O7. The van der Waals surface area contributed by atoms with Crippen molar-refractivity contribution in [1.82, 2.24) is 9.80 Å². The number of carboxylic acids is 2. The molecule has 1 aromatic carbocycles. The molecule has 0 spiro atoms. The van der Waals surface area contributed by atoms with Crippen LogP contribution in [0, 0.1) is 0 Å². The molecular weight excluding hydrogens is 428 g/mol. The second kappa shape index (κ2) is 14.6. The number of methoxy groups -OCH3 is 2. The van der Waals surface area contributed by atoms with E-state index in [0.29, 0.717) is 36.7 Å². The minimum Gasteiger partial charge on any atom is -0.493 e. The summed E-state index contributed by atoms with van der Waals surface area (Å²) < 4.78 is 17.2. The van der Waals surface area contributed by atoms with Crippen molar-refractivity contribution in [3.63, 3.8) is 0 Å². The number of carbonyl (C=O) groups is 2. The summed E-state index contributed by atoms with van der Waals surface area (Å²) in [6.45, 7) is 5.73. The molecule has 1 heterocycles. The molecule has 9 nitrogen and oxygen atoms in total. The summed E-state index contributed by atoms with van der Waals surface area (Å²) in [4.78, 5) is 26.0. The molecule has 33 heavy (non-hydrogen) atoms. The third kappa shape index (κ3) is 9.47. The Hall–Kier alpha value is -2.52. The van der Waals surface area contributed by atoms with E-state index in [4.69, 9.17) is 24.4 Å². The van der Waals surface area contributed by atoms with Crippen LogP contribution >= 0.6 is 0 Å². The third-order valence-electron chi connectivity index (χ3n) is 5.84. The zero-order chi connectivity index (χ0) is 24.1. The Bertz CT molecular complexity index is 749. The molecule has 2 N–H and O–H groups in total. The minimum absolute atomic E-state index is 0.210. The molecule has 1 saturated heterocycles. The van der Waals surface area contributed by atoms with Crippen LogP contribution in [-0.4, -0.2) is 85.5 Å². The highest BCUT2D eigenvalue weighted by molar-refractivity contribution is 5.66. The average molecular weight is 467 g/mol. The van der Waals surface area contributed by atoms with Gasteiger partial charge in [0.2, 0.25) is 5.75 Å². The number of rotatable bonds is 16. The monoisotopic (exact) mass is 466 g/mol. The van der Waals surface area contributed by atoms with Crippen molar-refractivity contribution in [2.45, 2.75) is 51.5 Å². The van der Waals surface area contributed by atoms with Gasteiger partial charge in [-0.1, -0.05) is 18.9 Å². The number of piperazine rings is 1. The van der Waals surface area contributed by atoms with Gasteiger partial charge in [-0.2, -0.15) is 0 Å². The van der Waals surface area contributed by atoms with Gasteiger partial charge in [0, 0.05) is 51.1 Å². The van der Waals surface area contributed by atoms with Gasteiger partial charge >= 0.3 is 11.9 Å². The first kappa shape index (κ1) is 26.7. The van der Waals surface area contributed by atoms with Crippen LogP contribution in [0.15, 0.2) is 12.1 Å². The van der Waals surface area contributed by atoms with Crippen LogP contribution in [0.1, 0.15) is 50.5 Å². The maximum Gasteiger partial charge on any atom is 0.303 e. The normalized spacial score (nSPS) is 14.7. The van der Waals surface area contributed by atoms with Crippen molar-refractivity contribution in [2.75, 3.05) is 53.6 Å². The fourth-order valence-corrected chi connectivity index (χ4v) is 3.99. The lowest BCUT2D eigenvalue weighted by atomic mass is 10.1. The standard InChI is InChI=1S/C24H38N2O7/c1-31-20-11-10-19(18-26-15-13-25(14-16-26)12-7-9-22(29)30)23(24(20)32-2)33-17-6-4-3-5-8-21(27)28/h10-11H,3-9,12-18H2,1-2H3,(H,27,28)(H,29,30). The summed E-state index contributed by atoms with van der Waals surface area (Å²) in [6, 6.07) is 3.91. The van der Waals surface area contributed by atoms with E-state index < -0.39 is 11.9 Å². The number of ether oxygens (including phenoxy) is 3. The number of benzene rings is 1. The maximum atomic E-state index is 10.7. The highest BCUT2D eigenvalue weighted by Gasteiger charge is 2.21. The SMILES string of the molecule is COc1ccc(CN2CCN(CCCC(=O)O)CC2)c(OCCCCCCC(=O)O)c1OC. The smallest absolute Gasteiger partial charge is 0.303 e. The van der Waals surface area contributed by atoms with Gasteiger partial charge in [0.05, 0.1) is 20.8 Å². The lowest BCUT2D eigenvalue weighted by Gasteiger charge is -2.35. The van der Waals surface area contributed by atoms with Crippen molar-refractivity contribution < 1.29 is 34.0 Å². The molecule has 0 amide bonds. The fraction of sp³-hybridized carbons (Fsp3) is 0.667. The second-order valence-corrected chi connectivity index (χ2v) is 8.31.